The third-order valence-electron chi connectivity index (χ3n) is 2.53. The van der Waals surface area contributed by atoms with E-state index in [9.17, 15) is 0 Å². The largest absolute Gasteiger partial charge is 0.493 e. The van der Waals surface area contributed by atoms with Gasteiger partial charge in [0.05, 0.1) is 6.61 Å². The standard InChI is InChI=1S/C12H16O2/c13-8-7-11-3-1-2-4-12(11)14-9-10-5-6-10/h1-4,10,13H,5-9H2. The quantitative estimate of drug-likeness (QED) is 0.773. The number of para-hydroxylation sites is 1. The summed E-state index contributed by atoms with van der Waals surface area (Å²) in [5, 5.41) is 8.88. The maximum absolute atomic E-state index is 8.88. The minimum Gasteiger partial charge on any atom is -0.493 e. The summed E-state index contributed by atoms with van der Waals surface area (Å²) in [5.74, 6) is 1.71. The summed E-state index contributed by atoms with van der Waals surface area (Å²) in [6.07, 6.45) is 3.30. The van der Waals surface area contributed by atoms with E-state index in [4.69, 9.17) is 9.84 Å². The molecule has 1 aliphatic carbocycles. The Morgan fingerprint density at radius 2 is 2.07 bits per heavy atom. The van der Waals surface area contributed by atoms with Crippen molar-refractivity contribution in [3.05, 3.63) is 29.8 Å². The maximum Gasteiger partial charge on any atom is 0.122 e. The number of hydrogen-bond donors (Lipinski definition) is 1. The Balaban J connectivity index is 1.97. The number of aliphatic hydroxyl groups excluding tert-OH is 1. The molecule has 1 saturated carbocycles. The van der Waals surface area contributed by atoms with Crippen LogP contribution in [-0.4, -0.2) is 18.3 Å². The van der Waals surface area contributed by atoms with Crippen LogP contribution < -0.4 is 4.74 Å². The van der Waals surface area contributed by atoms with Crippen LogP contribution in [0.5, 0.6) is 5.75 Å². The predicted molar refractivity (Wildman–Crippen MR) is 55.5 cm³/mol. The highest BCUT2D eigenvalue weighted by molar-refractivity contribution is 5.33. The molecule has 0 unspecified atom stereocenters. The van der Waals surface area contributed by atoms with Gasteiger partial charge in [0.1, 0.15) is 5.75 Å². The van der Waals surface area contributed by atoms with Crippen LogP contribution in [0.15, 0.2) is 24.3 Å². The van der Waals surface area contributed by atoms with Crippen molar-refractivity contribution in [2.24, 2.45) is 5.92 Å². The van der Waals surface area contributed by atoms with Crippen molar-refractivity contribution in [2.45, 2.75) is 19.3 Å². The van der Waals surface area contributed by atoms with E-state index in [1.54, 1.807) is 0 Å². The van der Waals surface area contributed by atoms with Gasteiger partial charge in [-0.2, -0.15) is 0 Å². The summed E-state index contributed by atoms with van der Waals surface area (Å²) in [4.78, 5) is 0. The zero-order valence-corrected chi connectivity index (χ0v) is 8.28. The van der Waals surface area contributed by atoms with Crippen LogP contribution in [0.4, 0.5) is 0 Å². The molecule has 1 aromatic carbocycles. The number of ether oxygens (including phenoxy) is 1. The zero-order valence-electron chi connectivity index (χ0n) is 8.28. The molecular formula is C12H16O2. The number of aliphatic hydroxyl groups is 1. The van der Waals surface area contributed by atoms with Crippen molar-refractivity contribution in [1.82, 2.24) is 0 Å². The first-order chi connectivity index (χ1) is 6.90. The molecular weight excluding hydrogens is 176 g/mol. The Labute approximate surface area is 84.5 Å². The maximum atomic E-state index is 8.88. The molecule has 0 radical (unpaired) electrons. The second-order valence-corrected chi connectivity index (χ2v) is 3.84. The first kappa shape index (κ1) is 9.53. The summed E-state index contributed by atoms with van der Waals surface area (Å²) in [6.45, 7) is 1.02. The van der Waals surface area contributed by atoms with Gasteiger partial charge in [0.25, 0.3) is 0 Å². The second-order valence-electron chi connectivity index (χ2n) is 3.84. The van der Waals surface area contributed by atoms with Gasteiger partial charge < -0.3 is 9.84 Å². The Morgan fingerprint density at radius 3 is 2.79 bits per heavy atom. The van der Waals surface area contributed by atoms with Crippen LogP contribution in [0.1, 0.15) is 18.4 Å². The lowest BCUT2D eigenvalue weighted by Crippen LogP contribution is -2.02. The molecule has 0 heterocycles. The highest BCUT2D eigenvalue weighted by Crippen LogP contribution is 2.30. The molecule has 14 heavy (non-hydrogen) atoms. The molecule has 1 fully saturated rings. The van der Waals surface area contributed by atoms with Crippen molar-refractivity contribution in [3.63, 3.8) is 0 Å². The molecule has 0 aliphatic heterocycles. The van der Waals surface area contributed by atoms with E-state index in [1.807, 2.05) is 24.3 Å². The van der Waals surface area contributed by atoms with Gasteiger partial charge in [-0.25, -0.2) is 0 Å². The molecule has 2 heteroatoms. The van der Waals surface area contributed by atoms with E-state index in [1.165, 1.54) is 12.8 Å². The third-order valence-corrected chi connectivity index (χ3v) is 2.53. The normalized spacial score (nSPS) is 15.5. The van der Waals surface area contributed by atoms with E-state index < -0.39 is 0 Å². The molecule has 1 aliphatic rings. The van der Waals surface area contributed by atoms with Crippen molar-refractivity contribution < 1.29 is 9.84 Å². The minimum atomic E-state index is 0.184. The van der Waals surface area contributed by atoms with Gasteiger partial charge in [-0.05, 0) is 36.8 Å². The molecule has 0 aromatic heterocycles. The summed E-state index contributed by atoms with van der Waals surface area (Å²) in [5.41, 5.74) is 1.11. The number of benzene rings is 1. The van der Waals surface area contributed by atoms with Gasteiger partial charge in [0, 0.05) is 6.61 Å². The molecule has 1 N–H and O–H groups in total. The monoisotopic (exact) mass is 192 g/mol. The topological polar surface area (TPSA) is 29.5 Å². The molecule has 0 saturated heterocycles. The Morgan fingerprint density at radius 1 is 1.29 bits per heavy atom. The second kappa shape index (κ2) is 4.47. The average Bonchev–Trinajstić information content (AvgIpc) is 3.01. The molecule has 1 aromatic rings. The molecule has 0 atom stereocenters. The van der Waals surface area contributed by atoms with Gasteiger partial charge in [-0.15, -0.1) is 0 Å². The smallest absolute Gasteiger partial charge is 0.122 e. The highest BCUT2D eigenvalue weighted by Gasteiger charge is 2.22. The Hall–Kier alpha value is -1.02. The van der Waals surface area contributed by atoms with E-state index in [0.29, 0.717) is 6.42 Å². The summed E-state index contributed by atoms with van der Waals surface area (Å²) in [6, 6.07) is 7.95. The van der Waals surface area contributed by atoms with Crippen LogP contribution in [0.25, 0.3) is 0 Å². The van der Waals surface area contributed by atoms with Crippen LogP contribution in [-0.2, 0) is 6.42 Å². The first-order valence-electron chi connectivity index (χ1n) is 5.21. The van der Waals surface area contributed by atoms with Gasteiger partial charge in [0.2, 0.25) is 0 Å². The van der Waals surface area contributed by atoms with Crippen molar-refractivity contribution >= 4 is 0 Å². The van der Waals surface area contributed by atoms with Crippen molar-refractivity contribution in [1.29, 1.82) is 0 Å². The fourth-order valence-corrected chi connectivity index (χ4v) is 1.46. The molecule has 76 valence electrons. The van der Waals surface area contributed by atoms with Crippen LogP contribution in [0.2, 0.25) is 0 Å². The zero-order chi connectivity index (χ0) is 9.80. The van der Waals surface area contributed by atoms with E-state index in [2.05, 4.69) is 0 Å². The van der Waals surface area contributed by atoms with Crippen molar-refractivity contribution in [2.75, 3.05) is 13.2 Å². The van der Waals surface area contributed by atoms with E-state index in [-0.39, 0.29) is 6.61 Å². The van der Waals surface area contributed by atoms with Gasteiger partial charge >= 0.3 is 0 Å². The molecule has 0 amide bonds. The lowest BCUT2D eigenvalue weighted by molar-refractivity contribution is 0.281. The lowest BCUT2D eigenvalue weighted by atomic mass is 10.1. The molecule has 0 bridgehead atoms. The first-order valence-corrected chi connectivity index (χ1v) is 5.21. The van der Waals surface area contributed by atoms with Crippen LogP contribution in [0, 0.1) is 5.92 Å². The van der Waals surface area contributed by atoms with Gasteiger partial charge in [-0.1, -0.05) is 18.2 Å². The fourth-order valence-electron chi connectivity index (χ4n) is 1.46. The SMILES string of the molecule is OCCc1ccccc1OCC1CC1. The Kier molecular flexibility index (Phi) is 3.04. The minimum absolute atomic E-state index is 0.184. The predicted octanol–water partition coefficient (Wildman–Crippen LogP) is 2.01. The van der Waals surface area contributed by atoms with Crippen molar-refractivity contribution in [3.8, 4) is 5.75 Å². The summed E-state index contributed by atoms with van der Waals surface area (Å²) in [7, 11) is 0. The van der Waals surface area contributed by atoms with E-state index >= 15 is 0 Å². The lowest BCUT2D eigenvalue weighted by Gasteiger charge is -2.09. The van der Waals surface area contributed by atoms with Gasteiger partial charge in [0.15, 0.2) is 0 Å². The summed E-state index contributed by atoms with van der Waals surface area (Å²) < 4.78 is 5.70. The molecule has 2 nitrogen and oxygen atoms in total. The third kappa shape index (κ3) is 2.48. The number of hydrogen-bond acceptors (Lipinski definition) is 2. The number of rotatable bonds is 5. The summed E-state index contributed by atoms with van der Waals surface area (Å²) >= 11 is 0. The van der Waals surface area contributed by atoms with E-state index in [0.717, 1.165) is 23.8 Å². The molecule has 2 rings (SSSR count). The fraction of sp³-hybridized carbons (Fsp3) is 0.500. The Bertz CT molecular complexity index is 292. The van der Waals surface area contributed by atoms with Crippen LogP contribution in [0.3, 0.4) is 0 Å². The highest BCUT2D eigenvalue weighted by atomic mass is 16.5. The average molecular weight is 192 g/mol. The molecule has 0 spiro atoms. The van der Waals surface area contributed by atoms with Gasteiger partial charge in [-0.3, -0.25) is 0 Å². The van der Waals surface area contributed by atoms with Crippen LogP contribution >= 0.6 is 0 Å².